The van der Waals surface area contributed by atoms with Crippen molar-refractivity contribution >= 4 is 18.6 Å². The second-order valence-corrected chi connectivity index (χ2v) is 7.15. The van der Waals surface area contributed by atoms with Gasteiger partial charge in [0.15, 0.2) is 0 Å². The number of esters is 1. The summed E-state index contributed by atoms with van der Waals surface area (Å²) >= 11 is 4.22. The second kappa shape index (κ2) is 7.89. The van der Waals surface area contributed by atoms with E-state index in [1.165, 1.54) is 37.7 Å². The van der Waals surface area contributed by atoms with Crippen molar-refractivity contribution in [3.8, 4) is 5.75 Å². The predicted octanol–water partition coefficient (Wildman–Crippen LogP) is 5.88. The SMILES string of the molecule is CCC1CCC(c2ccc(C(=O)Oc3ccc(S)cc3)cc2)CC1. The van der Waals surface area contributed by atoms with Crippen LogP contribution < -0.4 is 4.74 Å². The summed E-state index contributed by atoms with van der Waals surface area (Å²) in [5, 5.41) is 0. The van der Waals surface area contributed by atoms with Crippen molar-refractivity contribution in [2.24, 2.45) is 5.92 Å². The highest BCUT2D eigenvalue weighted by atomic mass is 32.1. The predicted molar refractivity (Wildman–Crippen MR) is 100 cm³/mol. The molecule has 1 aliphatic rings. The van der Waals surface area contributed by atoms with Gasteiger partial charge in [-0.25, -0.2) is 4.79 Å². The average Bonchev–Trinajstić information content (AvgIpc) is 2.64. The highest BCUT2D eigenvalue weighted by Gasteiger charge is 2.21. The first-order valence-electron chi connectivity index (χ1n) is 8.77. The van der Waals surface area contributed by atoms with Gasteiger partial charge in [0.05, 0.1) is 5.56 Å². The largest absolute Gasteiger partial charge is 0.423 e. The summed E-state index contributed by atoms with van der Waals surface area (Å²) < 4.78 is 5.40. The molecule has 0 saturated heterocycles. The number of ether oxygens (including phenoxy) is 1. The van der Waals surface area contributed by atoms with E-state index in [1.54, 1.807) is 12.1 Å². The molecule has 2 aromatic rings. The van der Waals surface area contributed by atoms with Gasteiger partial charge in [-0.15, -0.1) is 12.6 Å². The van der Waals surface area contributed by atoms with Gasteiger partial charge in [-0.05, 0) is 79.5 Å². The first-order valence-corrected chi connectivity index (χ1v) is 9.21. The van der Waals surface area contributed by atoms with E-state index in [1.807, 2.05) is 24.3 Å². The van der Waals surface area contributed by atoms with Crippen LogP contribution in [0.1, 0.15) is 60.9 Å². The molecule has 126 valence electrons. The van der Waals surface area contributed by atoms with Crippen molar-refractivity contribution in [2.75, 3.05) is 0 Å². The Balaban J connectivity index is 1.61. The molecule has 1 aliphatic carbocycles. The van der Waals surface area contributed by atoms with E-state index >= 15 is 0 Å². The molecule has 0 bridgehead atoms. The summed E-state index contributed by atoms with van der Waals surface area (Å²) in [7, 11) is 0. The van der Waals surface area contributed by atoms with Crippen LogP contribution in [0, 0.1) is 5.92 Å². The quantitative estimate of drug-likeness (QED) is 0.427. The van der Waals surface area contributed by atoms with Crippen LogP contribution in [0.15, 0.2) is 53.4 Å². The van der Waals surface area contributed by atoms with Gasteiger partial charge in [0.25, 0.3) is 0 Å². The highest BCUT2D eigenvalue weighted by molar-refractivity contribution is 7.80. The highest BCUT2D eigenvalue weighted by Crippen LogP contribution is 2.36. The van der Waals surface area contributed by atoms with Crippen molar-refractivity contribution in [3.05, 3.63) is 59.7 Å². The van der Waals surface area contributed by atoms with Crippen LogP contribution in [0.25, 0.3) is 0 Å². The molecular weight excluding hydrogens is 316 g/mol. The lowest BCUT2D eigenvalue weighted by molar-refractivity contribution is 0.0734. The molecule has 3 rings (SSSR count). The molecule has 0 unspecified atom stereocenters. The standard InChI is InChI=1S/C21H24O2S/c1-2-15-3-5-16(6-4-15)17-7-9-18(10-8-17)21(22)23-19-11-13-20(24)14-12-19/h7-16,24H,2-6H2,1H3. The molecule has 0 aliphatic heterocycles. The third-order valence-corrected chi connectivity index (χ3v) is 5.39. The Labute approximate surface area is 149 Å². The monoisotopic (exact) mass is 340 g/mol. The van der Waals surface area contributed by atoms with Crippen molar-refractivity contribution in [1.29, 1.82) is 0 Å². The summed E-state index contributed by atoms with van der Waals surface area (Å²) in [6.07, 6.45) is 6.47. The van der Waals surface area contributed by atoms with Gasteiger partial charge in [-0.2, -0.15) is 0 Å². The van der Waals surface area contributed by atoms with E-state index in [0.717, 1.165) is 10.8 Å². The summed E-state index contributed by atoms with van der Waals surface area (Å²) in [6.45, 7) is 2.29. The molecule has 3 heteroatoms. The maximum absolute atomic E-state index is 12.2. The van der Waals surface area contributed by atoms with E-state index < -0.39 is 0 Å². The minimum atomic E-state index is -0.317. The molecule has 0 atom stereocenters. The third-order valence-electron chi connectivity index (χ3n) is 5.09. The van der Waals surface area contributed by atoms with Crippen LogP contribution in [0.3, 0.4) is 0 Å². The first kappa shape index (κ1) is 17.1. The van der Waals surface area contributed by atoms with Crippen LogP contribution in [0.4, 0.5) is 0 Å². The van der Waals surface area contributed by atoms with Crippen LogP contribution in [0.5, 0.6) is 5.75 Å². The Bertz CT molecular complexity index is 668. The lowest BCUT2D eigenvalue weighted by Crippen LogP contribution is -2.13. The Morgan fingerprint density at radius 3 is 2.21 bits per heavy atom. The van der Waals surface area contributed by atoms with Gasteiger partial charge < -0.3 is 4.74 Å². The fourth-order valence-corrected chi connectivity index (χ4v) is 3.62. The van der Waals surface area contributed by atoms with Gasteiger partial charge in [-0.3, -0.25) is 0 Å². The summed E-state index contributed by atoms with van der Waals surface area (Å²) in [5.74, 6) is 1.77. The number of hydrogen-bond donors (Lipinski definition) is 1. The fourth-order valence-electron chi connectivity index (χ4n) is 3.48. The molecule has 0 N–H and O–H groups in total. The molecule has 0 amide bonds. The average molecular weight is 340 g/mol. The Morgan fingerprint density at radius 1 is 1.00 bits per heavy atom. The molecule has 1 fully saturated rings. The zero-order chi connectivity index (χ0) is 16.9. The summed E-state index contributed by atoms with van der Waals surface area (Å²) in [5.41, 5.74) is 1.94. The van der Waals surface area contributed by atoms with E-state index in [-0.39, 0.29) is 5.97 Å². The second-order valence-electron chi connectivity index (χ2n) is 6.63. The Kier molecular flexibility index (Phi) is 5.62. The zero-order valence-corrected chi connectivity index (χ0v) is 15.0. The topological polar surface area (TPSA) is 26.3 Å². The number of carbonyl (C=O) groups is 1. The van der Waals surface area contributed by atoms with Crippen LogP contribution in [-0.2, 0) is 0 Å². The number of carbonyl (C=O) groups excluding carboxylic acids is 1. The van der Waals surface area contributed by atoms with Crippen molar-refractivity contribution in [3.63, 3.8) is 0 Å². The van der Waals surface area contributed by atoms with Crippen LogP contribution in [0.2, 0.25) is 0 Å². The minimum Gasteiger partial charge on any atom is -0.423 e. The van der Waals surface area contributed by atoms with E-state index in [4.69, 9.17) is 4.74 Å². The van der Waals surface area contributed by atoms with E-state index in [2.05, 4.69) is 31.7 Å². The number of rotatable bonds is 4. The normalized spacial score (nSPS) is 20.6. The van der Waals surface area contributed by atoms with Crippen molar-refractivity contribution in [2.45, 2.75) is 49.8 Å². The van der Waals surface area contributed by atoms with Gasteiger partial charge in [-0.1, -0.05) is 25.5 Å². The Morgan fingerprint density at radius 2 is 1.62 bits per heavy atom. The fraction of sp³-hybridized carbons (Fsp3) is 0.381. The minimum absolute atomic E-state index is 0.317. The number of hydrogen-bond acceptors (Lipinski definition) is 3. The zero-order valence-electron chi connectivity index (χ0n) is 14.1. The van der Waals surface area contributed by atoms with Crippen LogP contribution >= 0.6 is 12.6 Å². The lowest BCUT2D eigenvalue weighted by Gasteiger charge is -2.28. The van der Waals surface area contributed by atoms with Crippen molar-refractivity contribution in [1.82, 2.24) is 0 Å². The third kappa shape index (κ3) is 4.21. The van der Waals surface area contributed by atoms with Gasteiger partial charge in [0.1, 0.15) is 5.75 Å². The van der Waals surface area contributed by atoms with E-state index in [0.29, 0.717) is 17.2 Å². The smallest absolute Gasteiger partial charge is 0.343 e. The van der Waals surface area contributed by atoms with Gasteiger partial charge in [0, 0.05) is 4.90 Å². The maximum atomic E-state index is 12.2. The molecule has 0 spiro atoms. The summed E-state index contributed by atoms with van der Waals surface area (Å²) in [4.78, 5) is 13.1. The molecule has 0 aromatic heterocycles. The molecule has 2 nitrogen and oxygen atoms in total. The molecule has 0 heterocycles. The van der Waals surface area contributed by atoms with E-state index in [9.17, 15) is 4.79 Å². The van der Waals surface area contributed by atoms with Gasteiger partial charge in [0.2, 0.25) is 0 Å². The summed E-state index contributed by atoms with van der Waals surface area (Å²) in [6, 6.07) is 15.1. The number of benzene rings is 2. The molecule has 2 aromatic carbocycles. The first-order chi connectivity index (χ1) is 11.7. The Hall–Kier alpha value is -1.74. The lowest BCUT2D eigenvalue weighted by atomic mass is 9.78. The molecule has 0 radical (unpaired) electrons. The molecule has 24 heavy (non-hydrogen) atoms. The molecule has 1 saturated carbocycles. The molecular formula is C21H24O2S. The van der Waals surface area contributed by atoms with Crippen LogP contribution in [-0.4, -0.2) is 5.97 Å². The van der Waals surface area contributed by atoms with Gasteiger partial charge >= 0.3 is 5.97 Å². The number of thiol groups is 1. The van der Waals surface area contributed by atoms with Crippen molar-refractivity contribution < 1.29 is 9.53 Å². The maximum Gasteiger partial charge on any atom is 0.343 e.